The van der Waals surface area contributed by atoms with Crippen LogP contribution < -0.4 is 15.4 Å². The molecule has 0 unspecified atom stereocenters. The van der Waals surface area contributed by atoms with Crippen molar-refractivity contribution in [2.45, 2.75) is 6.54 Å². The molecule has 0 radical (unpaired) electrons. The van der Waals surface area contributed by atoms with Crippen molar-refractivity contribution in [2.75, 3.05) is 26.8 Å². The number of carbonyl (C=O) groups excluding carboxylic acids is 1. The third-order valence-electron chi connectivity index (χ3n) is 3.16. The molecular weight excluding hydrogens is 292 g/mol. The molecule has 0 spiro atoms. The minimum absolute atomic E-state index is 0.0364. The number of hydrogen-bond donors (Lipinski definition) is 2. The van der Waals surface area contributed by atoms with E-state index in [1.807, 2.05) is 54.6 Å². The van der Waals surface area contributed by atoms with Gasteiger partial charge in [0.05, 0.1) is 13.2 Å². The first-order valence-electron chi connectivity index (χ1n) is 7.56. The zero-order valence-electron chi connectivity index (χ0n) is 13.2. The average Bonchev–Trinajstić information content (AvgIpc) is 2.59. The first-order valence-corrected chi connectivity index (χ1v) is 7.56. The summed E-state index contributed by atoms with van der Waals surface area (Å²) >= 11 is 0. The minimum Gasteiger partial charge on any atom is -0.457 e. The molecule has 0 heterocycles. The van der Waals surface area contributed by atoms with E-state index >= 15 is 0 Å². The zero-order valence-corrected chi connectivity index (χ0v) is 13.2. The highest BCUT2D eigenvalue weighted by molar-refractivity contribution is 5.77. The van der Waals surface area contributed by atoms with Crippen LogP contribution in [0.25, 0.3) is 0 Å². The van der Waals surface area contributed by atoms with Gasteiger partial charge in [-0.15, -0.1) is 0 Å². The van der Waals surface area contributed by atoms with E-state index in [0.29, 0.717) is 26.2 Å². The van der Waals surface area contributed by atoms with Crippen LogP contribution >= 0.6 is 0 Å². The SMILES string of the molecule is COCCNCC(=O)NCc1ccc(Oc2ccccc2)cc1. The van der Waals surface area contributed by atoms with E-state index in [9.17, 15) is 4.79 Å². The fraction of sp³-hybridized carbons (Fsp3) is 0.278. The maximum absolute atomic E-state index is 11.6. The second kappa shape index (κ2) is 9.61. The smallest absolute Gasteiger partial charge is 0.234 e. The van der Waals surface area contributed by atoms with Gasteiger partial charge in [0.15, 0.2) is 0 Å². The van der Waals surface area contributed by atoms with Gasteiger partial charge >= 0.3 is 0 Å². The second-order valence-corrected chi connectivity index (χ2v) is 5.01. The molecule has 122 valence electrons. The maximum atomic E-state index is 11.6. The molecule has 0 aliphatic rings. The van der Waals surface area contributed by atoms with Gasteiger partial charge in [0.1, 0.15) is 11.5 Å². The summed E-state index contributed by atoms with van der Waals surface area (Å²) in [4.78, 5) is 11.6. The topological polar surface area (TPSA) is 59.6 Å². The van der Waals surface area contributed by atoms with Gasteiger partial charge in [0, 0.05) is 20.2 Å². The number of nitrogens with one attached hydrogen (secondary N) is 2. The number of para-hydroxylation sites is 1. The Morgan fingerprint density at radius 2 is 1.70 bits per heavy atom. The number of ether oxygens (including phenoxy) is 2. The molecule has 2 aromatic rings. The first-order chi connectivity index (χ1) is 11.3. The molecule has 0 saturated heterocycles. The summed E-state index contributed by atoms with van der Waals surface area (Å²) < 4.78 is 10.6. The summed E-state index contributed by atoms with van der Waals surface area (Å²) in [7, 11) is 1.63. The third kappa shape index (κ3) is 6.50. The number of hydrogen-bond acceptors (Lipinski definition) is 4. The third-order valence-corrected chi connectivity index (χ3v) is 3.16. The summed E-state index contributed by atoms with van der Waals surface area (Å²) in [5.74, 6) is 1.54. The van der Waals surface area contributed by atoms with Crippen molar-refractivity contribution < 1.29 is 14.3 Å². The molecule has 5 heteroatoms. The molecule has 23 heavy (non-hydrogen) atoms. The Kier molecular flexibility index (Phi) is 7.10. The van der Waals surface area contributed by atoms with Crippen LogP contribution in [0.4, 0.5) is 0 Å². The van der Waals surface area contributed by atoms with Crippen LogP contribution in [0.5, 0.6) is 11.5 Å². The fourth-order valence-corrected chi connectivity index (χ4v) is 1.94. The molecule has 5 nitrogen and oxygen atoms in total. The molecule has 2 rings (SSSR count). The lowest BCUT2D eigenvalue weighted by atomic mass is 10.2. The van der Waals surface area contributed by atoms with Crippen LogP contribution in [0, 0.1) is 0 Å². The normalized spacial score (nSPS) is 10.3. The van der Waals surface area contributed by atoms with Crippen molar-refractivity contribution in [1.82, 2.24) is 10.6 Å². The molecule has 0 atom stereocenters. The van der Waals surface area contributed by atoms with E-state index in [2.05, 4.69) is 10.6 Å². The molecule has 0 aliphatic carbocycles. The monoisotopic (exact) mass is 314 g/mol. The summed E-state index contributed by atoms with van der Waals surface area (Å²) in [6.07, 6.45) is 0. The van der Waals surface area contributed by atoms with E-state index in [0.717, 1.165) is 17.1 Å². The molecule has 1 amide bonds. The van der Waals surface area contributed by atoms with Gasteiger partial charge in [-0.2, -0.15) is 0 Å². The molecule has 0 aliphatic heterocycles. The number of benzene rings is 2. The standard InChI is InChI=1S/C18H22N2O3/c1-22-12-11-19-14-18(21)20-13-15-7-9-17(10-8-15)23-16-5-3-2-4-6-16/h2-10,19H,11-14H2,1H3,(H,20,21). The number of carbonyl (C=O) groups is 1. The van der Waals surface area contributed by atoms with Crippen molar-refractivity contribution in [3.63, 3.8) is 0 Å². The Morgan fingerprint density at radius 1 is 1.00 bits per heavy atom. The van der Waals surface area contributed by atoms with E-state index in [1.165, 1.54) is 0 Å². The van der Waals surface area contributed by atoms with Gasteiger partial charge in [-0.05, 0) is 29.8 Å². The molecule has 0 saturated carbocycles. The first kappa shape index (κ1) is 17.0. The quantitative estimate of drug-likeness (QED) is 0.698. The Labute approximate surface area is 136 Å². The van der Waals surface area contributed by atoms with E-state index in [4.69, 9.17) is 9.47 Å². The lowest BCUT2D eigenvalue weighted by molar-refractivity contribution is -0.120. The van der Waals surface area contributed by atoms with E-state index < -0.39 is 0 Å². The maximum Gasteiger partial charge on any atom is 0.234 e. The predicted molar refractivity (Wildman–Crippen MR) is 89.6 cm³/mol. The molecular formula is C18H22N2O3. The highest BCUT2D eigenvalue weighted by atomic mass is 16.5. The van der Waals surface area contributed by atoms with Crippen molar-refractivity contribution in [1.29, 1.82) is 0 Å². The minimum atomic E-state index is -0.0364. The van der Waals surface area contributed by atoms with Gasteiger partial charge < -0.3 is 20.1 Å². The summed E-state index contributed by atoms with van der Waals surface area (Å²) in [6, 6.07) is 17.3. The van der Waals surface area contributed by atoms with Crippen LogP contribution in [0.15, 0.2) is 54.6 Å². The molecule has 2 N–H and O–H groups in total. The lowest BCUT2D eigenvalue weighted by Crippen LogP contribution is -2.34. The Balaban J connectivity index is 1.73. The summed E-state index contributed by atoms with van der Waals surface area (Å²) in [6.45, 7) is 2.04. The van der Waals surface area contributed by atoms with Gasteiger partial charge in [-0.3, -0.25) is 4.79 Å². The van der Waals surface area contributed by atoms with Crippen LogP contribution in [0.3, 0.4) is 0 Å². The Hall–Kier alpha value is -2.37. The van der Waals surface area contributed by atoms with Crippen LogP contribution in [0.2, 0.25) is 0 Å². The number of amides is 1. The lowest BCUT2D eigenvalue weighted by Gasteiger charge is -2.08. The summed E-state index contributed by atoms with van der Waals surface area (Å²) in [5, 5.41) is 5.86. The van der Waals surface area contributed by atoms with Crippen molar-refractivity contribution in [3.05, 3.63) is 60.2 Å². The van der Waals surface area contributed by atoms with Gasteiger partial charge in [-0.1, -0.05) is 30.3 Å². The van der Waals surface area contributed by atoms with Gasteiger partial charge in [-0.25, -0.2) is 0 Å². The van der Waals surface area contributed by atoms with E-state index in [1.54, 1.807) is 7.11 Å². The van der Waals surface area contributed by atoms with Crippen molar-refractivity contribution >= 4 is 5.91 Å². The molecule has 0 bridgehead atoms. The van der Waals surface area contributed by atoms with Crippen molar-refractivity contribution in [3.8, 4) is 11.5 Å². The summed E-state index contributed by atoms with van der Waals surface area (Å²) in [5.41, 5.74) is 1.02. The molecule has 0 aromatic heterocycles. The zero-order chi connectivity index (χ0) is 16.3. The van der Waals surface area contributed by atoms with E-state index in [-0.39, 0.29) is 5.91 Å². The molecule has 0 fully saturated rings. The average molecular weight is 314 g/mol. The van der Waals surface area contributed by atoms with Gasteiger partial charge in [0.2, 0.25) is 5.91 Å². The van der Waals surface area contributed by atoms with Gasteiger partial charge in [0.25, 0.3) is 0 Å². The van der Waals surface area contributed by atoms with Crippen LogP contribution in [0.1, 0.15) is 5.56 Å². The Bertz CT molecular complexity index is 585. The highest BCUT2D eigenvalue weighted by Crippen LogP contribution is 2.20. The van der Waals surface area contributed by atoms with Crippen LogP contribution in [-0.4, -0.2) is 32.7 Å². The second-order valence-electron chi connectivity index (χ2n) is 5.01. The fourth-order valence-electron chi connectivity index (χ4n) is 1.94. The largest absolute Gasteiger partial charge is 0.457 e. The number of rotatable bonds is 9. The van der Waals surface area contributed by atoms with Crippen molar-refractivity contribution in [2.24, 2.45) is 0 Å². The Morgan fingerprint density at radius 3 is 2.39 bits per heavy atom. The van der Waals surface area contributed by atoms with Crippen LogP contribution in [-0.2, 0) is 16.1 Å². The number of methoxy groups -OCH3 is 1. The highest BCUT2D eigenvalue weighted by Gasteiger charge is 2.01. The predicted octanol–water partition coefficient (Wildman–Crippen LogP) is 2.33. The molecule has 2 aromatic carbocycles.